The Bertz CT molecular complexity index is 327. The maximum absolute atomic E-state index is 12.0. The van der Waals surface area contributed by atoms with Gasteiger partial charge in [0.2, 0.25) is 0 Å². The van der Waals surface area contributed by atoms with E-state index >= 15 is 0 Å². The SMILES string of the molecule is CC(C)(C)OC(=O)N1CC[C@@]2(C[C@H](N)CCO2)C1. The van der Waals surface area contributed by atoms with Gasteiger partial charge in [0.15, 0.2) is 0 Å². The van der Waals surface area contributed by atoms with Crippen molar-refractivity contribution in [3.8, 4) is 0 Å². The van der Waals surface area contributed by atoms with Crippen molar-refractivity contribution in [3.63, 3.8) is 0 Å². The fourth-order valence-corrected chi connectivity index (χ4v) is 2.68. The second-order valence-corrected chi connectivity index (χ2v) is 6.44. The first-order valence-electron chi connectivity index (χ1n) is 6.67. The molecule has 2 heterocycles. The van der Waals surface area contributed by atoms with Gasteiger partial charge in [0.05, 0.1) is 12.1 Å². The van der Waals surface area contributed by atoms with Gasteiger partial charge < -0.3 is 20.1 Å². The molecule has 0 aromatic heterocycles. The lowest BCUT2D eigenvalue weighted by molar-refractivity contribution is -0.0763. The Kier molecular flexibility index (Phi) is 3.56. The topological polar surface area (TPSA) is 64.8 Å². The fraction of sp³-hybridized carbons (Fsp3) is 0.923. The highest BCUT2D eigenvalue weighted by Crippen LogP contribution is 2.34. The van der Waals surface area contributed by atoms with E-state index in [4.69, 9.17) is 15.2 Å². The molecule has 0 saturated carbocycles. The number of likely N-dealkylation sites (tertiary alicyclic amines) is 1. The summed E-state index contributed by atoms with van der Waals surface area (Å²) in [5.41, 5.74) is 5.32. The van der Waals surface area contributed by atoms with E-state index in [2.05, 4.69) is 0 Å². The van der Waals surface area contributed by atoms with Crippen LogP contribution in [-0.2, 0) is 9.47 Å². The summed E-state index contributed by atoms with van der Waals surface area (Å²) in [6.07, 6.45) is 2.36. The van der Waals surface area contributed by atoms with E-state index in [0.29, 0.717) is 19.7 Å². The van der Waals surface area contributed by atoms with Gasteiger partial charge in [0.25, 0.3) is 0 Å². The summed E-state index contributed by atoms with van der Waals surface area (Å²) in [5, 5.41) is 0. The molecule has 5 heteroatoms. The number of hydrogen-bond donors (Lipinski definition) is 1. The lowest BCUT2D eigenvalue weighted by atomic mass is 9.90. The van der Waals surface area contributed by atoms with Gasteiger partial charge in [-0.3, -0.25) is 0 Å². The predicted molar refractivity (Wildman–Crippen MR) is 68.3 cm³/mol. The van der Waals surface area contributed by atoms with Crippen molar-refractivity contribution in [3.05, 3.63) is 0 Å². The van der Waals surface area contributed by atoms with Gasteiger partial charge in [0.1, 0.15) is 5.60 Å². The number of carbonyl (C=O) groups is 1. The van der Waals surface area contributed by atoms with Gasteiger partial charge >= 0.3 is 6.09 Å². The van der Waals surface area contributed by atoms with Gasteiger partial charge in [0, 0.05) is 19.2 Å². The molecular weight excluding hydrogens is 232 g/mol. The molecule has 2 atom stereocenters. The average molecular weight is 256 g/mol. The lowest BCUT2D eigenvalue weighted by Gasteiger charge is -2.36. The van der Waals surface area contributed by atoms with Crippen LogP contribution in [0.15, 0.2) is 0 Å². The average Bonchev–Trinajstić information content (AvgIpc) is 2.59. The van der Waals surface area contributed by atoms with E-state index in [0.717, 1.165) is 19.3 Å². The monoisotopic (exact) mass is 256 g/mol. The van der Waals surface area contributed by atoms with Crippen LogP contribution >= 0.6 is 0 Å². The largest absolute Gasteiger partial charge is 0.444 e. The number of rotatable bonds is 0. The van der Waals surface area contributed by atoms with Crippen molar-refractivity contribution in [2.75, 3.05) is 19.7 Å². The van der Waals surface area contributed by atoms with Gasteiger partial charge in [-0.2, -0.15) is 0 Å². The summed E-state index contributed by atoms with van der Waals surface area (Å²) >= 11 is 0. The van der Waals surface area contributed by atoms with Gasteiger partial charge in [-0.05, 0) is 40.0 Å². The molecule has 1 amide bonds. The summed E-state index contributed by atoms with van der Waals surface area (Å²) in [6, 6.07) is 0.192. The van der Waals surface area contributed by atoms with Crippen LogP contribution in [0.3, 0.4) is 0 Å². The van der Waals surface area contributed by atoms with Crippen LogP contribution in [0.25, 0.3) is 0 Å². The highest BCUT2D eigenvalue weighted by atomic mass is 16.6. The van der Waals surface area contributed by atoms with Crippen LogP contribution in [0.4, 0.5) is 4.79 Å². The normalized spacial score (nSPS) is 32.9. The van der Waals surface area contributed by atoms with Crippen molar-refractivity contribution >= 4 is 6.09 Å². The Labute approximate surface area is 109 Å². The number of amides is 1. The molecule has 0 aliphatic carbocycles. The van der Waals surface area contributed by atoms with Gasteiger partial charge in [-0.1, -0.05) is 0 Å². The highest BCUT2D eigenvalue weighted by Gasteiger charge is 2.44. The van der Waals surface area contributed by atoms with E-state index in [9.17, 15) is 4.79 Å². The van der Waals surface area contributed by atoms with E-state index in [1.807, 2.05) is 20.8 Å². The Balaban J connectivity index is 1.93. The van der Waals surface area contributed by atoms with E-state index < -0.39 is 5.60 Å². The van der Waals surface area contributed by atoms with Crippen LogP contribution in [0.5, 0.6) is 0 Å². The van der Waals surface area contributed by atoms with Crippen LogP contribution in [0.1, 0.15) is 40.0 Å². The molecule has 0 radical (unpaired) electrons. The van der Waals surface area contributed by atoms with Gasteiger partial charge in [-0.15, -0.1) is 0 Å². The molecule has 1 spiro atoms. The number of nitrogens with two attached hydrogens (primary N) is 1. The predicted octanol–water partition coefficient (Wildman–Crippen LogP) is 1.50. The molecule has 2 N–H and O–H groups in total. The molecule has 104 valence electrons. The number of carbonyl (C=O) groups excluding carboxylic acids is 1. The van der Waals surface area contributed by atoms with Crippen LogP contribution < -0.4 is 5.73 Å². The highest BCUT2D eigenvalue weighted by molar-refractivity contribution is 5.68. The van der Waals surface area contributed by atoms with Crippen molar-refractivity contribution < 1.29 is 14.3 Å². The first-order chi connectivity index (χ1) is 8.30. The molecule has 2 aliphatic rings. The quantitative estimate of drug-likeness (QED) is 0.713. The second-order valence-electron chi connectivity index (χ2n) is 6.44. The van der Waals surface area contributed by atoms with E-state index in [1.54, 1.807) is 4.90 Å². The van der Waals surface area contributed by atoms with E-state index in [-0.39, 0.29) is 17.7 Å². The zero-order valence-electron chi connectivity index (χ0n) is 11.6. The maximum Gasteiger partial charge on any atom is 0.410 e. The standard InChI is InChI=1S/C13H24N2O3/c1-12(2,3)18-11(16)15-6-5-13(9-15)8-10(14)4-7-17-13/h10H,4-9,14H2,1-3H3/t10-,13-/m1/s1. The van der Waals surface area contributed by atoms with Crippen molar-refractivity contribution in [1.29, 1.82) is 0 Å². The Morgan fingerprint density at radius 1 is 1.50 bits per heavy atom. The molecule has 5 nitrogen and oxygen atoms in total. The third kappa shape index (κ3) is 3.14. The summed E-state index contributed by atoms with van der Waals surface area (Å²) in [4.78, 5) is 13.7. The molecule has 2 rings (SSSR count). The van der Waals surface area contributed by atoms with Crippen LogP contribution in [0.2, 0.25) is 0 Å². The molecule has 0 aromatic rings. The molecule has 2 saturated heterocycles. The number of hydrogen-bond acceptors (Lipinski definition) is 4. The fourth-order valence-electron chi connectivity index (χ4n) is 2.68. The zero-order valence-corrected chi connectivity index (χ0v) is 11.6. The first kappa shape index (κ1) is 13.6. The summed E-state index contributed by atoms with van der Waals surface area (Å²) in [6.45, 7) is 7.64. The lowest BCUT2D eigenvalue weighted by Crippen LogP contribution is -2.47. The van der Waals surface area contributed by atoms with Crippen LogP contribution in [0, 0.1) is 0 Å². The molecule has 18 heavy (non-hydrogen) atoms. The van der Waals surface area contributed by atoms with Crippen molar-refractivity contribution in [1.82, 2.24) is 4.90 Å². The van der Waals surface area contributed by atoms with Gasteiger partial charge in [-0.25, -0.2) is 4.79 Å². The third-order valence-corrected chi connectivity index (χ3v) is 3.50. The smallest absolute Gasteiger partial charge is 0.410 e. The molecule has 0 bridgehead atoms. The number of ether oxygens (including phenoxy) is 2. The zero-order chi connectivity index (χ0) is 13.4. The van der Waals surface area contributed by atoms with Crippen LogP contribution in [-0.4, -0.2) is 47.9 Å². The minimum Gasteiger partial charge on any atom is -0.444 e. The molecule has 2 aliphatic heterocycles. The van der Waals surface area contributed by atoms with E-state index in [1.165, 1.54) is 0 Å². The third-order valence-electron chi connectivity index (χ3n) is 3.50. The second kappa shape index (κ2) is 4.70. The minimum atomic E-state index is -0.448. The molecule has 0 unspecified atom stereocenters. The number of nitrogens with zero attached hydrogens (tertiary/aromatic N) is 1. The minimum absolute atomic E-state index is 0.192. The summed E-state index contributed by atoms with van der Waals surface area (Å²) < 4.78 is 11.3. The maximum atomic E-state index is 12.0. The summed E-state index contributed by atoms with van der Waals surface area (Å²) in [5.74, 6) is 0. The first-order valence-corrected chi connectivity index (χ1v) is 6.67. The molecular formula is C13H24N2O3. The Morgan fingerprint density at radius 2 is 2.22 bits per heavy atom. The molecule has 2 fully saturated rings. The summed E-state index contributed by atoms with van der Waals surface area (Å²) in [7, 11) is 0. The van der Waals surface area contributed by atoms with Crippen molar-refractivity contribution in [2.24, 2.45) is 5.73 Å². The Morgan fingerprint density at radius 3 is 2.83 bits per heavy atom. The molecule has 0 aromatic carbocycles. The Hall–Kier alpha value is -0.810. The van der Waals surface area contributed by atoms with Crippen molar-refractivity contribution in [2.45, 2.75) is 57.3 Å².